The number of hydrogen-bond donors (Lipinski definition) is 0. The molecule has 2 aliphatic rings. The van der Waals surface area contributed by atoms with Gasteiger partial charge in [0.05, 0.1) is 0 Å². The third-order valence-corrected chi connectivity index (χ3v) is 5.92. The van der Waals surface area contributed by atoms with Crippen molar-refractivity contribution < 1.29 is 9.47 Å². The number of rotatable bonds is 6. The highest BCUT2D eigenvalue weighted by atomic mass is 32.1. The summed E-state index contributed by atoms with van der Waals surface area (Å²) in [5.74, 6) is 2.41. The number of nitrogens with zero attached hydrogens (tertiary/aromatic N) is 1. The van der Waals surface area contributed by atoms with Crippen LogP contribution in [0.4, 0.5) is 0 Å². The molecule has 1 atom stereocenters. The van der Waals surface area contributed by atoms with Crippen LogP contribution in [-0.2, 0) is 6.42 Å². The first-order chi connectivity index (χ1) is 11.4. The number of thiophene rings is 1. The Kier molecular flexibility index (Phi) is 4.53. The van der Waals surface area contributed by atoms with E-state index in [-0.39, 0.29) is 0 Å². The van der Waals surface area contributed by atoms with Crippen molar-refractivity contribution in [3.63, 3.8) is 0 Å². The van der Waals surface area contributed by atoms with Crippen molar-refractivity contribution in [2.75, 3.05) is 26.4 Å². The standard InChI is InChI=1S/C19H23NO2S/c1-2-10-20(9-1)11-8-15(18-7-4-12-23-18)13-16-5-3-6-17-19(16)22-14-21-17/h3-7,12,15H,1-2,8-11,13-14H2. The van der Waals surface area contributed by atoms with Crippen molar-refractivity contribution >= 4 is 11.3 Å². The van der Waals surface area contributed by atoms with Gasteiger partial charge in [-0.3, -0.25) is 0 Å². The summed E-state index contributed by atoms with van der Waals surface area (Å²) in [6.07, 6.45) is 4.97. The zero-order valence-corrected chi connectivity index (χ0v) is 14.2. The number of para-hydroxylation sites is 1. The summed E-state index contributed by atoms with van der Waals surface area (Å²) in [6, 6.07) is 10.7. The Hall–Kier alpha value is -1.52. The molecular formula is C19H23NO2S. The molecule has 0 aliphatic carbocycles. The summed E-state index contributed by atoms with van der Waals surface area (Å²) in [4.78, 5) is 4.09. The van der Waals surface area contributed by atoms with Gasteiger partial charge in [-0.2, -0.15) is 0 Å². The molecule has 1 aromatic heterocycles. The fourth-order valence-electron chi connectivity index (χ4n) is 3.63. The monoisotopic (exact) mass is 329 g/mol. The summed E-state index contributed by atoms with van der Waals surface area (Å²) in [6.45, 7) is 4.10. The van der Waals surface area contributed by atoms with Gasteiger partial charge in [0.15, 0.2) is 11.5 Å². The molecule has 0 bridgehead atoms. The van der Waals surface area contributed by atoms with Gasteiger partial charge in [0, 0.05) is 4.88 Å². The first kappa shape index (κ1) is 15.0. The molecule has 0 spiro atoms. The lowest BCUT2D eigenvalue weighted by Crippen LogP contribution is -2.22. The molecule has 23 heavy (non-hydrogen) atoms. The largest absolute Gasteiger partial charge is 0.454 e. The second-order valence-electron chi connectivity index (χ2n) is 6.40. The smallest absolute Gasteiger partial charge is 0.231 e. The van der Waals surface area contributed by atoms with E-state index in [1.165, 1.54) is 49.3 Å². The maximum atomic E-state index is 5.70. The SMILES string of the molecule is c1csc(C(CCN2CCCC2)Cc2cccc3c2OCO3)c1. The minimum atomic E-state index is 0.351. The van der Waals surface area contributed by atoms with Gasteiger partial charge in [-0.05, 0) is 74.3 Å². The van der Waals surface area contributed by atoms with E-state index in [1.54, 1.807) is 0 Å². The molecule has 122 valence electrons. The Morgan fingerprint density at radius 2 is 2.00 bits per heavy atom. The van der Waals surface area contributed by atoms with Gasteiger partial charge in [-0.1, -0.05) is 18.2 Å². The molecule has 4 heteroatoms. The number of hydrogen-bond acceptors (Lipinski definition) is 4. The van der Waals surface area contributed by atoms with Crippen LogP contribution >= 0.6 is 11.3 Å². The van der Waals surface area contributed by atoms with Crippen LogP contribution in [0.1, 0.15) is 35.6 Å². The number of likely N-dealkylation sites (tertiary alicyclic amines) is 1. The summed E-state index contributed by atoms with van der Waals surface area (Å²) in [5.41, 5.74) is 1.28. The van der Waals surface area contributed by atoms with Crippen molar-refractivity contribution in [3.05, 3.63) is 46.2 Å². The number of ether oxygens (including phenoxy) is 2. The maximum absolute atomic E-state index is 5.70. The van der Waals surface area contributed by atoms with Crippen LogP contribution in [0.25, 0.3) is 0 Å². The van der Waals surface area contributed by atoms with Crippen molar-refractivity contribution in [1.82, 2.24) is 4.90 Å². The van der Waals surface area contributed by atoms with Crippen LogP contribution in [0.5, 0.6) is 11.5 Å². The summed E-state index contributed by atoms with van der Waals surface area (Å²) >= 11 is 1.88. The lowest BCUT2D eigenvalue weighted by molar-refractivity contribution is 0.173. The predicted octanol–water partition coefficient (Wildman–Crippen LogP) is 4.29. The van der Waals surface area contributed by atoms with Crippen LogP contribution in [0.15, 0.2) is 35.7 Å². The second kappa shape index (κ2) is 6.93. The maximum Gasteiger partial charge on any atom is 0.231 e. The average Bonchev–Trinajstić information content (AvgIpc) is 3.33. The molecule has 2 aromatic rings. The zero-order chi connectivity index (χ0) is 15.5. The molecule has 3 nitrogen and oxygen atoms in total. The minimum Gasteiger partial charge on any atom is -0.454 e. The van der Waals surface area contributed by atoms with E-state index < -0.39 is 0 Å². The van der Waals surface area contributed by atoms with Gasteiger partial charge in [-0.25, -0.2) is 0 Å². The number of benzene rings is 1. The molecule has 1 fully saturated rings. The van der Waals surface area contributed by atoms with Crippen LogP contribution in [0.3, 0.4) is 0 Å². The van der Waals surface area contributed by atoms with Crippen LogP contribution in [-0.4, -0.2) is 31.3 Å². The lowest BCUT2D eigenvalue weighted by Gasteiger charge is -2.21. The molecule has 2 aliphatic heterocycles. The highest BCUT2D eigenvalue weighted by Crippen LogP contribution is 2.39. The van der Waals surface area contributed by atoms with E-state index in [2.05, 4.69) is 34.5 Å². The fraction of sp³-hybridized carbons (Fsp3) is 0.474. The third-order valence-electron chi connectivity index (χ3n) is 4.88. The minimum absolute atomic E-state index is 0.351. The van der Waals surface area contributed by atoms with E-state index in [4.69, 9.17) is 9.47 Å². The van der Waals surface area contributed by atoms with Crippen molar-refractivity contribution in [2.24, 2.45) is 0 Å². The molecule has 1 aromatic carbocycles. The van der Waals surface area contributed by atoms with E-state index in [0.29, 0.717) is 12.7 Å². The van der Waals surface area contributed by atoms with Gasteiger partial charge in [0.2, 0.25) is 6.79 Å². The molecule has 1 unspecified atom stereocenters. The highest BCUT2D eigenvalue weighted by molar-refractivity contribution is 7.10. The van der Waals surface area contributed by atoms with Gasteiger partial charge >= 0.3 is 0 Å². The topological polar surface area (TPSA) is 21.7 Å². The van der Waals surface area contributed by atoms with Gasteiger partial charge < -0.3 is 14.4 Å². The highest BCUT2D eigenvalue weighted by Gasteiger charge is 2.22. The van der Waals surface area contributed by atoms with Gasteiger partial charge in [0.1, 0.15) is 0 Å². The Labute approximate surface area is 141 Å². The summed E-state index contributed by atoms with van der Waals surface area (Å²) in [7, 11) is 0. The van der Waals surface area contributed by atoms with Crippen LogP contribution in [0.2, 0.25) is 0 Å². The second-order valence-corrected chi connectivity index (χ2v) is 7.38. The zero-order valence-electron chi connectivity index (χ0n) is 13.4. The van der Waals surface area contributed by atoms with E-state index >= 15 is 0 Å². The molecule has 1 saturated heterocycles. The Bertz CT molecular complexity index is 635. The van der Waals surface area contributed by atoms with E-state index in [9.17, 15) is 0 Å². The molecule has 4 rings (SSSR count). The van der Waals surface area contributed by atoms with Crippen molar-refractivity contribution in [3.8, 4) is 11.5 Å². The van der Waals surface area contributed by atoms with Crippen LogP contribution < -0.4 is 9.47 Å². The van der Waals surface area contributed by atoms with Crippen molar-refractivity contribution in [1.29, 1.82) is 0 Å². The molecule has 0 saturated carbocycles. The average molecular weight is 329 g/mol. The van der Waals surface area contributed by atoms with Crippen LogP contribution in [0, 0.1) is 0 Å². The van der Waals surface area contributed by atoms with Crippen molar-refractivity contribution in [2.45, 2.75) is 31.6 Å². The number of fused-ring (bicyclic) bond motifs is 1. The molecule has 0 radical (unpaired) electrons. The van der Waals surface area contributed by atoms with E-state index in [1.807, 2.05) is 17.4 Å². The molecule has 0 N–H and O–H groups in total. The van der Waals surface area contributed by atoms with Gasteiger partial charge in [-0.15, -0.1) is 11.3 Å². The summed E-state index contributed by atoms with van der Waals surface area (Å²) < 4.78 is 11.2. The molecule has 0 amide bonds. The normalized spacial score (nSPS) is 18.4. The molecule has 3 heterocycles. The Morgan fingerprint density at radius 1 is 1.09 bits per heavy atom. The third kappa shape index (κ3) is 3.38. The fourth-order valence-corrected chi connectivity index (χ4v) is 4.49. The first-order valence-corrected chi connectivity index (χ1v) is 9.41. The van der Waals surface area contributed by atoms with E-state index in [0.717, 1.165) is 17.9 Å². The summed E-state index contributed by atoms with van der Waals surface area (Å²) in [5, 5.41) is 2.19. The van der Waals surface area contributed by atoms with Gasteiger partial charge in [0.25, 0.3) is 0 Å². The Balaban J connectivity index is 1.50. The lowest BCUT2D eigenvalue weighted by atomic mass is 9.93. The Morgan fingerprint density at radius 3 is 2.83 bits per heavy atom. The quantitative estimate of drug-likeness (QED) is 0.789. The predicted molar refractivity (Wildman–Crippen MR) is 93.6 cm³/mol. The first-order valence-electron chi connectivity index (χ1n) is 8.53. The molecular weight excluding hydrogens is 306 g/mol.